The molecule has 30 heavy (non-hydrogen) atoms. The molecular formula is C25H33NO4. The molecule has 0 fully saturated rings. The maximum absolute atomic E-state index is 13.0. The van der Waals surface area contributed by atoms with Gasteiger partial charge in [0.1, 0.15) is 22.8 Å². The Hall–Kier alpha value is -2.69. The monoisotopic (exact) mass is 411 g/mol. The van der Waals surface area contributed by atoms with Crippen LogP contribution in [0.1, 0.15) is 69.7 Å². The van der Waals surface area contributed by atoms with Crippen LogP contribution in [0.3, 0.4) is 0 Å². The number of hydrogen-bond donors (Lipinski definition) is 1. The maximum atomic E-state index is 13.0. The number of rotatable bonds is 6. The zero-order valence-electron chi connectivity index (χ0n) is 19.0. The fourth-order valence-electron chi connectivity index (χ4n) is 3.84. The van der Waals surface area contributed by atoms with Gasteiger partial charge >= 0.3 is 0 Å². The number of carbonyl (C=O) groups excluding carboxylic acids is 1. The molecule has 5 heteroatoms. The molecule has 1 aliphatic heterocycles. The van der Waals surface area contributed by atoms with Crippen molar-refractivity contribution in [3.05, 3.63) is 53.1 Å². The van der Waals surface area contributed by atoms with Crippen LogP contribution in [0.5, 0.6) is 17.2 Å². The number of amides is 1. The number of methoxy groups -OCH3 is 1. The van der Waals surface area contributed by atoms with Crippen molar-refractivity contribution in [1.82, 2.24) is 5.32 Å². The van der Waals surface area contributed by atoms with E-state index in [4.69, 9.17) is 14.2 Å². The summed E-state index contributed by atoms with van der Waals surface area (Å²) in [5.41, 5.74) is 2.76. The molecule has 0 spiro atoms. The molecular weight excluding hydrogens is 378 g/mol. The first-order valence-electron chi connectivity index (χ1n) is 10.5. The van der Waals surface area contributed by atoms with E-state index in [1.807, 2.05) is 45.0 Å². The van der Waals surface area contributed by atoms with Gasteiger partial charge in [-0.3, -0.25) is 4.79 Å². The molecule has 2 atom stereocenters. The van der Waals surface area contributed by atoms with Crippen LogP contribution in [0.25, 0.3) is 0 Å². The van der Waals surface area contributed by atoms with E-state index >= 15 is 0 Å². The summed E-state index contributed by atoms with van der Waals surface area (Å²) in [6, 6.07) is 11.7. The minimum atomic E-state index is -0.614. The molecule has 0 aliphatic carbocycles. The lowest BCUT2D eigenvalue weighted by molar-refractivity contribution is -0.128. The highest BCUT2D eigenvalue weighted by Crippen LogP contribution is 2.41. The lowest BCUT2D eigenvalue weighted by Gasteiger charge is -2.38. The Morgan fingerprint density at radius 3 is 2.57 bits per heavy atom. The molecule has 0 saturated heterocycles. The fraction of sp³-hybridized carbons (Fsp3) is 0.480. The zero-order chi connectivity index (χ0) is 22.1. The number of ether oxygens (including phenoxy) is 3. The Morgan fingerprint density at radius 2 is 1.90 bits per heavy atom. The number of aryl methyl sites for hydroxylation is 1. The van der Waals surface area contributed by atoms with Crippen molar-refractivity contribution in [3.8, 4) is 17.2 Å². The van der Waals surface area contributed by atoms with Gasteiger partial charge in [-0.15, -0.1) is 0 Å². The SMILES string of the molecule is COc1ccc2c(c1)OC(C)(C)C[C@H]2NC(=O)[C@H](C)Oc1cc(C)ccc1C(C)C. The van der Waals surface area contributed by atoms with Crippen LogP contribution in [0.2, 0.25) is 0 Å². The first-order valence-corrected chi connectivity index (χ1v) is 10.5. The Labute approximate surface area is 179 Å². The van der Waals surface area contributed by atoms with E-state index in [0.29, 0.717) is 12.3 Å². The van der Waals surface area contributed by atoms with Crippen molar-refractivity contribution in [1.29, 1.82) is 0 Å². The van der Waals surface area contributed by atoms with Gasteiger partial charge in [-0.05, 0) is 62.9 Å². The third kappa shape index (κ3) is 4.89. The molecule has 5 nitrogen and oxygen atoms in total. The van der Waals surface area contributed by atoms with Crippen LogP contribution in [0.15, 0.2) is 36.4 Å². The molecule has 2 aromatic rings. The normalized spacial score (nSPS) is 18.2. The fourth-order valence-corrected chi connectivity index (χ4v) is 3.84. The summed E-state index contributed by atoms with van der Waals surface area (Å²) in [5.74, 6) is 2.41. The topological polar surface area (TPSA) is 56.8 Å². The molecule has 1 N–H and O–H groups in total. The van der Waals surface area contributed by atoms with Gasteiger partial charge in [0.05, 0.1) is 13.2 Å². The lowest BCUT2D eigenvalue weighted by Crippen LogP contribution is -2.44. The number of nitrogens with one attached hydrogen (secondary N) is 1. The quantitative estimate of drug-likeness (QED) is 0.700. The summed E-state index contributed by atoms with van der Waals surface area (Å²) in [5, 5.41) is 3.17. The summed E-state index contributed by atoms with van der Waals surface area (Å²) >= 11 is 0. The minimum absolute atomic E-state index is 0.143. The highest BCUT2D eigenvalue weighted by atomic mass is 16.5. The van der Waals surface area contributed by atoms with Crippen molar-refractivity contribution in [2.75, 3.05) is 7.11 Å². The summed E-state index contributed by atoms with van der Waals surface area (Å²) in [6.45, 7) is 12.1. The van der Waals surface area contributed by atoms with Gasteiger partial charge in [-0.2, -0.15) is 0 Å². The van der Waals surface area contributed by atoms with E-state index in [1.165, 1.54) is 0 Å². The van der Waals surface area contributed by atoms with Crippen LogP contribution >= 0.6 is 0 Å². The molecule has 1 heterocycles. The zero-order valence-corrected chi connectivity index (χ0v) is 19.0. The van der Waals surface area contributed by atoms with Crippen molar-refractivity contribution in [2.45, 2.75) is 71.6 Å². The minimum Gasteiger partial charge on any atom is -0.497 e. The third-order valence-electron chi connectivity index (χ3n) is 5.46. The molecule has 3 rings (SSSR count). The van der Waals surface area contributed by atoms with Gasteiger partial charge < -0.3 is 19.5 Å². The van der Waals surface area contributed by atoms with E-state index in [2.05, 4.69) is 31.3 Å². The smallest absolute Gasteiger partial charge is 0.261 e. The van der Waals surface area contributed by atoms with E-state index in [9.17, 15) is 4.79 Å². The van der Waals surface area contributed by atoms with Crippen molar-refractivity contribution in [2.24, 2.45) is 0 Å². The van der Waals surface area contributed by atoms with Crippen molar-refractivity contribution < 1.29 is 19.0 Å². The predicted molar refractivity (Wildman–Crippen MR) is 119 cm³/mol. The Bertz CT molecular complexity index is 919. The highest BCUT2D eigenvalue weighted by molar-refractivity contribution is 5.81. The van der Waals surface area contributed by atoms with Gasteiger partial charge in [-0.25, -0.2) is 0 Å². The van der Waals surface area contributed by atoms with Gasteiger partial charge in [0.15, 0.2) is 6.10 Å². The number of fused-ring (bicyclic) bond motifs is 1. The van der Waals surface area contributed by atoms with Crippen LogP contribution in [0, 0.1) is 6.92 Å². The first-order chi connectivity index (χ1) is 14.1. The molecule has 0 bridgehead atoms. The molecule has 0 radical (unpaired) electrons. The summed E-state index contributed by atoms with van der Waals surface area (Å²) in [7, 11) is 1.63. The average molecular weight is 412 g/mol. The summed E-state index contributed by atoms with van der Waals surface area (Å²) in [6.07, 6.45) is 0.0592. The van der Waals surface area contributed by atoms with Gasteiger partial charge in [0, 0.05) is 18.1 Å². The molecule has 0 unspecified atom stereocenters. The standard InChI is InChI=1S/C25H33NO4/c1-15(2)19-10-8-16(3)12-22(19)29-17(4)24(27)26-21-14-25(5,6)30-23-13-18(28-7)9-11-20(21)23/h8-13,15,17,21H,14H2,1-7H3,(H,26,27)/t17-,21+/m0/s1. The highest BCUT2D eigenvalue weighted by Gasteiger charge is 2.35. The molecule has 0 saturated carbocycles. The second-order valence-electron chi connectivity index (χ2n) is 8.99. The molecule has 0 aromatic heterocycles. The predicted octanol–water partition coefficient (Wildman–Crippen LogP) is 5.31. The van der Waals surface area contributed by atoms with Crippen LogP contribution in [-0.2, 0) is 4.79 Å². The molecule has 1 aliphatic rings. The maximum Gasteiger partial charge on any atom is 0.261 e. The lowest BCUT2D eigenvalue weighted by atomic mass is 9.89. The largest absolute Gasteiger partial charge is 0.497 e. The second-order valence-corrected chi connectivity index (χ2v) is 8.99. The van der Waals surface area contributed by atoms with E-state index in [0.717, 1.165) is 33.9 Å². The van der Waals surface area contributed by atoms with Crippen LogP contribution < -0.4 is 19.5 Å². The van der Waals surface area contributed by atoms with Crippen molar-refractivity contribution in [3.63, 3.8) is 0 Å². The summed E-state index contributed by atoms with van der Waals surface area (Å²) in [4.78, 5) is 13.0. The number of carbonyl (C=O) groups is 1. The van der Waals surface area contributed by atoms with Gasteiger partial charge in [0.2, 0.25) is 0 Å². The van der Waals surface area contributed by atoms with E-state index in [-0.39, 0.29) is 11.9 Å². The third-order valence-corrected chi connectivity index (χ3v) is 5.46. The molecule has 162 valence electrons. The van der Waals surface area contributed by atoms with E-state index in [1.54, 1.807) is 14.0 Å². The molecule has 1 amide bonds. The van der Waals surface area contributed by atoms with E-state index < -0.39 is 11.7 Å². The van der Waals surface area contributed by atoms with Gasteiger partial charge in [-0.1, -0.05) is 26.0 Å². The average Bonchev–Trinajstić information content (AvgIpc) is 2.66. The number of benzene rings is 2. The number of hydrogen-bond acceptors (Lipinski definition) is 4. The Kier molecular flexibility index (Phi) is 6.30. The second kappa shape index (κ2) is 8.58. The Morgan fingerprint density at radius 1 is 1.17 bits per heavy atom. The van der Waals surface area contributed by atoms with Crippen LogP contribution in [-0.4, -0.2) is 24.7 Å². The summed E-state index contributed by atoms with van der Waals surface area (Å²) < 4.78 is 17.5. The van der Waals surface area contributed by atoms with Crippen LogP contribution in [0.4, 0.5) is 0 Å². The van der Waals surface area contributed by atoms with Crippen molar-refractivity contribution >= 4 is 5.91 Å². The first kappa shape index (κ1) is 22.0. The van der Waals surface area contributed by atoms with Gasteiger partial charge in [0.25, 0.3) is 5.91 Å². The Balaban J connectivity index is 1.78. The molecule has 2 aromatic carbocycles.